The first kappa shape index (κ1) is 14.3. The minimum atomic E-state index is 0.246. The summed E-state index contributed by atoms with van der Waals surface area (Å²) in [5.74, 6) is 2.54. The van der Waals surface area contributed by atoms with Crippen LogP contribution in [0.2, 0.25) is 0 Å². The van der Waals surface area contributed by atoms with E-state index in [1.165, 1.54) is 57.9 Å². The Balaban J connectivity index is 1.88. The van der Waals surface area contributed by atoms with E-state index in [1.807, 2.05) is 0 Å². The van der Waals surface area contributed by atoms with Crippen LogP contribution in [-0.4, -0.2) is 18.6 Å². The summed E-state index contributed by atoms with van der Waals surface area (Å²) in [5, 5.41) is 3.89. The van der Waals surface area contributed by atoms with Crippen molar-refractivity contribution in [3.63, 3.8) is 0 Å². The second kappa shape index (κ2) is 6.38. The highest BCUT2D eigenvalue weighted by Crippen LogP contribution is 2.38. The Morgan fingerprint density at radius 2 is 1.94 bits per heavy atom. The van der Waals surface area contributed by atoms with Gasteiger partial charge in [-0.3, -0.25) is 0 Å². The van der Waals surface area contributed by atoms with Crippen molar-refractivity contribution in [1.29, 1.82) is 0 Å². The lowest BCUT2D eigenvalue weighted by Crippen LogP contribution is -2.59. The van der Waals surface area contributed by atoms with Gasteiger partial charge in [0.1, 0.15) is 0 Å². The van der Waals surface area contributed by atoms with Gasteiger partial charge in [0.2, 0.25) is 0 Å². The smallest absolute Gasteiger partial charge is 0.0334 e. The maximum absolute atomic E-state index is 6.17. The SMILES string of the molecule is CC(C)C1CCCCC1(CN)NCCC1CCC1. The molecule has 0 bridgehead atoms. The van der Waals surface area contributed by atoms with E-state index in [4.69, 9.17) is 5.73 Å². The molecule has 0 aliphatic heterocycles. The molecule has 2 nitrogen and oxygen atoms in total. The van der Waals surface area contributed by atoms with Crippen LogP contribution in [-0.2, 0) is 0 Å². The molecule has 2 unspecified atom stereocenters. The maximum Gasteiger partial charge on any atom is 0.0334 e. The van der Waals surface area contributed by atoms with E-state index >= 15 is 0 Å². The minimum absolute atomic E-state index is 0.246. The number of nitrogens with two attached hydrogens (primary N) is 1. The van der Waals surface area contributed by atoms with Gasteiger partial charge in [0.15, 0.2) is 0 Å². The summed E-state index contributed by atoms with van der Waals surface area (Å²) < 4.78 is 0. The zero-order chi connectivity index (χ0) is 13.0. The summed E-state index contributed by atoms with van der Waals surface area (Å²) in [6.45, 7) is 6.74. The highest BCUT2D eigenvalue weighted by Gasteiger charge is 2.40. The average Bonchev–Trinajstić information content (AvgIpc) is 2.32. The minimum Gasteiger partial charge on any atom is -0.329 e. The first-order chi connectivity index (χ1) is 8.68. The molecular weight excluding hydrogens is 220 g/mol. The largest absolute Gasteiger partial charge is 0.329 e. The van der Waals surface area contributed by atoms with Gasteiger partial charge in [0.25, 0.3) is 0 Å². The third-order valence-corrected chi connectivity index (χ3v) is 5.52. The van der Waals surface area contributed by atoms with Crippen LogP contribution < -0.4 is 11.1 Å². The van der Waals surface area contributed by atoms with Crippen molar-refractivity contribution in [2.75, 3.05) is 13.1 Å². The molecule has 0 aromatic heterocycles. The molecule has 2 saturated carbocycles. The molecular formula is C16H32N2. The molecule has 0 amide bonds. The standard InChI is InChI=1S/C16H32N2/c1-13(2)15-8-3-4-10-16(15,12-17)18-11-9-14-6-5-7-14/h13-15,18H,3-12,17H2,1-2H3. The molecule has 0 aromatic carbocycles. The molecule has 2 fully saturated rings. The first-order valence-corrected chi connectivity index (χ1v) is 8.13. The lowest BCUT2D eigenvalue weighted by Gasteiger charge is -2.47. The molecule has 106 valence electrons. The Morgan fingerprint density at radius 1 is 1.17 bits per heavy atom. The van der Waals surface area contributed by atoms with Gasteiger partial charge in [-0.1, -0.05) is 46.0 Å². The van der Waals surface area contributed by atoms with E-state index in [9.17, 15) is 0 Å². The Labute approximate surface area is 113 Å². The molecule has 2 heteroatoms. The number of rotatable bonds is 6. The fraction of sp³-hybridized carbons (Fsp3) is 1.00. The predicted octanol–water partition coefficient (Wildman–Crippen LogP) is 3.31. The molecule has 0 aromatic rings. The fourth-order valence-electron chi connectivity index (χ4n) is 4.09. The molecule has 0 radical (unpaired) electrons. The van der Waals surface area contributed by atoms with Crippen molar-refractivity contribution >= 4 is 0 Å². The molecule has 2 aliphatic rings. The zero-order valence-electron chi connectivity index (χ0n) is 12.4. The summed E-state index contributed by atoms with van der Waals surface area (Å²) >= 11 is 0. The Kier molecular flexibility index (Phi) is 5.08. The summed E-state index contributed by atoms with van der Waals surface area (Å²) in [4.78, 5) is 0. The summed E-state index contributed by atoms with van der Waals surface area (Å²) in [6, 6.07) is 0. The van der Waals surface area contributed by atoms with Crippen molar-refractivity contribution in [2.45, 2.75) is 70.8 Å². The highest BCUT2D eigenvalue weighted by molar-refractivity contribution is 4.99. The van der Waals surface area contributed by atoms with Gasteiger partial charge >= 0.3 is 0 Å². The Morgan fingerprint density at radius 3 is 2.50 bits per heavy atom. The van der Waals surface area contributed by atoms with Crippen molar-refractivity contribution in [3.05, 3.63) is 0 Å². The van der Waals surface area contributed by atoms with Gasteiger partial charge in [-0.2, -0.15) is 0 Å². The van der Waals surface area contributed by atoms with E-state index in [2.05, 4.69) is 19.2 Å². The normalized spacial score (nSPS) is 33.7. The van der Waals surface area contributed by atoms with E-state index in [1.54, 1.807) is 0 Å². The quantitative estimate of drug-likeness (QED) is 0.761. The summed E-state index contributed by atoms with van der Waals surface area (Å²) in [7, 11) is 0. The van der Waals surface area contributed by atoms with Crippen LogP contribution in [0.1, 0.15) is 65.2 Å². The van der Waals surface area contributed by atoms with Gasteiger partial charge in [-0.05, 0) is 43.6 Å². The molecule has 0 saturated heterocycles. The van der Waals surface area contributed by atoms with Crippen molar-refractivity contribution in [1.82, 2.24) is 5.32 Å². The molecule has 18 heavy (non-hydrogen) atoms. The number of nitrogens with one attached hydrogen (secondary N) is 1. The van der Waals surface area contributed by atoms with Crippen LogP contribution in [0.5, 0.6) is 0 Å². The number of hydrogen-bond acceptors (Lipinski definition) is 2. The van der Waals surface area contributed by atoms with Gasteiger partial charge in [-0.15, -0.1) is 0 Å². The predicted molar refractivity (Wildman–Crippen MR) is 78.5 cm³/mol. The number of hydrogen-bond donors (Lipinski definition) is 2. The first-order valence-electron chi connectivity index (χ1n) is 8.13. The van der Waals surface area contributed by atoms with Gasteiger partial charge < -0.3 is 11.1 Å². The van der Waals surface area contributed by atoms with Crippen LogP contribution in [0.25, 0.3) is 0 Å². The van der Waals surface area contributed by atoms with E-state index in [0.717, 1.165) is 24.3 Å². The van der Waals surface area contributed by atoms with Crippen molar-refractivity contribution < 1.29 is 0 Å². The molecule has 0 spiro atoms. The lowest BCUT2D eigenvalue weighted by atomic mass is 9.67. The van der Waals surface area contributed by atoms with Crippen LogP contribution >= 0.6 is 0 Å². The summed E-state index contributed by atoms with van der Waals surface area (Å²) in [5.41, 5.74) is 6.41. The van der Waals surface area contributed by atoms with Crippen molar-refractivity contribution in [3.8, 4) is 0 Å². The molecule has 0 heterocycles. The molecule has 2 aliphatic carbocycles. The van der Waals surface area contributed by atoms with E-state index in [0.29, 0.717) is 0 Å². The van der Waals surface area contributed by atoms with Crippen molar-refractivity contribution in [2.24, 2.45) is 23.5 Å². The Hall–Kier alpha value is -0.0800. The molecule has 3 N–H and O–H groups in total. The molecule has 2 rings (SSSR count). The third-order valence-electron chi connectivity index (χ3n) is 5.52. The maximum atomic E-state index is 6.17. The second-order valence-corrected chi connectivity index (χ2v) is 6.97. The fourth-order valence-corrected chi connectivity index (χ4v) is 4.09. The van der Waals surface area contributed by atoms with Gasteiger partial charge in [-0.25, -0.2) is 0 Å². The Bertz CT molecular complexity index is 247. The topological polar surface area (TPSA) is 38.0 Å². The third kappa shape index (κ3) is 3.08. The zero-order valence-corrected chi connectivity index (χ0v) is 12.4. The monoisotopic (exact) mass is 252 g/mol. The van der Waals surface area contributed by atoms with Crippen LogP contribution in [0.3, 0.4) is 0 Å². The lowest BCUT2D eigenvalue weighted by molar-refractivity contribution is 0.105. The second-order valence-electron chi connectivity index (χ2n) is 6.97. The van der Waals surface area contributed by atoms with Gasteiger partial charge in [0.05, 0.1) is 0 Å². The highest BCUT2D eigenvalue weighted by atomic mass is 15.0. The van der Waals surface area contributed by atoms with Crippen LogP contribution in [0, 0.1) is 17.8 Å². The molecule has 2 atom stereocenters. The average molecular weight is 252 g/mol. The van der Waals surface area contributed by atoms with Gasteiger partial charge in [0, 0.05) is 12.1 Å². The summed E-state index contributed by atoms with van der Waals surface area (Å²) in [6.07, 6.45) is 11.2. The van der Waals surface area contributed by atoms with Crippen LogP contribution in [0.4, 0.5) is 0 Å². The van der Waals surface area contributed by atoms with E-state index in [-0.39, 0.29) is 5.54 Å². The van der Waals surface area contributed by atoms with Crippen LogP contribution in [0.15, 0.2) is 0 Å². The van der Waals surface area contributed by atoms with E-state index < -0.39 is 0 Å².